The molecule has 5 nitrogen and oxygen atoms in total. The third-order valence-corrected chi connectivity index (χ3v) is 1.87. The minimum Gasteiger partial charge on any atom is -0.480 e. The van der Waals surface area contributed by atoms with Gasteiger partial charge in [-0.3, -0.25) is 4.79 Å². The van der Waals surface area contributed by atoms with E-state index in [9.17, 15) is 4.79 Å². The Morgan fingerprint density at radius 2 is 2.67 bits per heavy atom. The Morgan fingerprint density at radius 3 is 3.08 bits per heavy atom. The molecule has 0 amide bonds. The van der Waals surface area contributed by atoms with E-state index in [1.54, 1.807) is 0 Å². The lowest BCUT2D eigenvalue weighted by Crippen LogP contribution is -2.35. The number of oxime groups is 1. The Labute approximate surface area is 70.0 Å². The van der Waals surface area contributed by atoms with Gasteiger partial charge >= 0.3 is 5.97 Å². The maximum atomic E-state index is 10.8. The molecule has 0 aliphatic carbocycles. The van der Waals surface area contributed by atoms with E-state index in [1.807, 2.05) is 0 Å². The Bertz CT molecular complexity index is 204. The Hall–Kier alpha value is -1.10. The number of nitrogens with zero attached hydrogens (tertiary/aromatic N) is 1. The number of aliphatic carboxylic acids is 1. The number of hydrogen-bond donors (Lipinski definition) is 1. The minimum atomic E-state index is -0.976. The fourth-order valence-electron chi connectivity index (χ4n) is 0.973. The maximum Gasteiger partial charge on any atom is 0.318 e. The van der Waals surface area contributed by atoms with E-state index in [1.165, 1.54) is 13.3 Å². The van der Waals surface area contributed by atoms with Crippen LogP contribution in [0.15, 0.2) is 5.16 Å². The molecule has 0 saturated carbocycles. The van der Waals surface area contributed by atoms with Crippen molar-refractivity contribution in [1.29, 1.82) is 0 Å². The van der Waals surface area contributed by atoms with Gasteiger partial charge < -0.3 is 14.7 Å². The average molecular weight is 173 g/mol. The maximum absolute atomic E-state index is 10.8. The molecule has 0 aromatic heterocycles. The molecule has 68 valence electrons. The van der Waals surface area contributed by atoms with Crippen molar-refractivity contribution in [2.45, 2.75) is 6.42 Å². The van der Waals surface area contributed by atoms with Crippen LogP contribution >= 0.6 is 0 Å². The lowest BCUT2D eigenvalue weighted by Gasteiger charge is -2.17. The van der Waals surface area contributed by atoms with Crippen molar-refractivity contribution in [3.8, 4) is 0 Å². The molecule has 1 heterocycles. The van der Waals surface area contributed by atoms with Crippen LogP contribution in [-0.2, 0) is 14.4 Å². The van der Waals surface area contributed by atoms with Gasteiger partial charge in [0.15, 0.2) is 0 Å². The highest BCUT2D eigenvalue weighted by atomic mass is 16.6. The van der Waals surface area contributed by atoms with E-state index < -0.39 is 11.4 Å². The summed E-state index contributed by atoms with van der Waals surface area (Å²) in [6.07, 6.45) is 1.72. The van der Waals surface area contributed by atoms with Crippen molar-refractivity contribution in [1.82, 2.24) is 0 Å². The van der Waals surface area contributed by atoms with E-state index in [0.717, 1.165) is 0 Å². The molecule has 0 saturated heterocycles. The largest absolute Gasteiger partial charge is 0.480 e. The number of carboxylic acid groups (broad SMARTS) is 1. The van der Waals surface area contributed by atoms with Crippen LogP contribution in [0, 0.1) is 5.41 Å². The Kier molecular flexibility index (Phi) is 2.65. The second-order valence-corrected chi connectivity index (χ2v) is 2.71. The first kappa shape index (κ1) is 8.99. The molecule has 0 fully saturated rings. The molecule has 1 rings (SSSR count). The fourth-order valence-corrected chi connectivity index (χ4v) is 0.973. The van der Waals surface area contributed by atoms with Crippen molar-refractivity contribution in [2.75, 3.05) is 20.3 Å². The van der Waals surface area contributed by atoms with Gasteiger partial charge in [0.05, 0.1) is 6.21 Å². The van der Waals surface area contributed by atoms with E-state index in [4.69, 9.17) is 9.84 Å². The normalized spacial score (nSPS) is 27.1. The highest BCUT2D eigenvalue weighted by molar-refractivity contribution is 5.94. The molecule has 1 aliphatic heterocycles. The molecular formula is C7H11NO4. The quantitative estimate of drug-likeness (QED) is 0.655. The van der Waals surface area contributed by atoms with Crippen LogP contribution < -0.4 is 0 Å². The summed E-state index contributed by atoms with van der Waals surface area (Å²) in [5.41, 5.74) is -0.976. The molecule has 5 heteroatoms. The summed E-state index contributed by atoms with van der Waals surface area (Å²) >= 11 is 0. The highest BCUT2D eigenvalue weighted by Crippen LogP contribution is 2.24. The lowest BCUT2D eigenvalue weighted by molar-refractivity contribution is -0.147. The van der Waals surface area contributed by atoms with E-state index in [-0.39, 0.29) is 6.61 Å². The summed E-state index contributed by atoms with van der Waals surface area (Å²) in [7, 11) is 1.53. The van der Waals surface area contributed by atoms with Crippen LogP contribution in [-0.4, -0.2) is 37.6 Å². The first-order valence-corrected chi connectivity index (χ1v) is 3.60. The number of carboxylic acids is 1. The Balaban J connectivity index is 2.60. The molecule has 1 atom stereocenters. The van der Waals surface area contributed by atoms with E-state index >= 15 is 0 Å². The summed E-state index contributed by atoms with van der Waals surface area (Å²) in [6.45, 7) is 0.493. The number of ether oxygens (including phenoxy) is 1. The number of carbonyl (C=O) groups is 1. The zero-order chi connectivity index (χ0) is 9.03. The SMILES string of the molecule is COCCC1(C(=O)O)C=NOC1. The van der Waals surface area contributed by atoms with Gasteiger partial charge in [-0.05, 0) is 6.42 Å². The highest BCUT2D eigenvalue weighted by Gasteiger charge is 2.41. The average Bonchev–Trinajstić information content (AvgIpc) is 2.50. The van der Waals surface area contributed by atoms with Gasteiger partial charge in [0.1, 0.15) is 12.0 Å². The molecule has 0 bridgehead atoms. The van der Waals surface area contributed by atoms with Gasteiger partial charge in [-0.15, -0.1) is 0 Å². The van der Waals surface area contributed by atoms with Crippen molar-refractivity contribution in [3.05, 3.63) is 0 Å². The predicted octanol–water partition coefficient (Wildman–Crippen LogP) is 0.110. The van der Waals surface area contributed by atoms with E-state index in [2.05, 4.69) is 9.99 Å². The van der Waals surface area contributed by atoms with Crippen LogP contribution in [0.3, 0.4) is 0 Å². The number of rotatable bonds is 4. The molecule has 1 aliphatic rings. The molecule has 0 radical (unpaired) electrons. The zero-order valence-corrected chi connectivity index (χ0v) is 6.82. The monoisotopic (exact) mass is 173 g/mol. The second-order valence-electron chi connectivity index (χ2n) is 2.71. The molecule has 1 unspecified atom stereocenters. The summed E-state index contributed by atoms with van der Waals surface area (Å²) in [6, 6.07) is 0. The Morgan fingerprint density at radius 1 is 1.92 bits per heavy atom. The van der Waals surface area contributed by atoms with Crippen LogP contribution in [0.5, 0.6) is 0 Å². The molecule has 0 spiro atoms. The van der Waals surface area contributed by atoms with Crippen molar-refractivity contribution >= 4 is 12.2 Å². The molecule has 0 aromatic carbocycles. The number of methoxy groups -OCH3 is 1. The summed E-state index contributed by atoms with van der Waals surface area (Å²) in [5, 5.41) is 12.3. The molecule has 12 heavy (non-hydrogen) atoms. The topological polar surface area (TPSA) is 68.1 Å². The molecule has 1 N–H and O–H groups in total. The van der Waals surface area contributed by atoms with Crippen molar-refractivity contribution in [2.24, 2.45) is 10.6 Å². The van der Waals surface area contributed by atoms with E-state index in [0.29, 0.717) is 13.0 Å². The summed E-state index contributed by atoms with van der Waals surface area (Å²) < 4.78 is 4.80. The third-order valence-electron chi connectivity index (χ3n) is 1.87. The van der Waals surface area contributed by atoms with Crippen LogP contribution in [0.2, 0.25) is 0 Å². The van der Waals surface area contributed by atoms with Gasteiger partial charge in [-0.2, -0.15) is 0 Å². The first-order chi connectivity index (χ1) is 5.71. The third kappa shape index (κ3) is 1.55. The first-order valence-electron chi connectivity index (χ1n) is 3.60. The van der Waals surface area contributed by atoms with Crippen LogP contribution in [0.4, 0.5) is 0 Å². The van der Waals surface area contributed by atoms with Crippen LogP contribution in [0.1, 0.15) is 6.42 Å². The lowest BCUT2D eigenvalue weighted by atomic mass is 9.88. The predicted molar refractivity (Wildman–Crippen MR) is 41.0 cm³/mol. The zero-order valence-electron chi connectivity index (χ0n) is 6.82. The fraction of sp³-hybridized carbons (Fsp3) is 0.714. The van der Waals surface area contributed by atoms with Gasteiger partial charge in [0.2, 0.25) is 0 Å². The summed E-state index contributed by atoms with van der Waals surface area (Å²) in [4.78, 5) is 15.5. The van der Waals surface area contributed by atoms with Crippen LogP contribution in [0.25, 0.3) is 0 Å². The second kappa shape index (κ2) is 3.53. The van der Waals surface area contributed by atoms with Gasteiger partial charge in [0.25, 0.3) is 0 Å². The minimum absolute atomic E-state index is 0.103. The van der Waals surface area contributed by atoms with Gasteiger partial charge in [0, 0.05) is 13.7 Å². The smallest absolute Gasteiger partial charge is 0.318 e. The number of hydrogen-bond acceptors (Lipinski definition) is 4. The molecule has 0 aromatic rings. The molecular weight excluding hydrogens is 162 g/mol. The van der Waals surface area contributed by atoms with Gasteiger partial charge in [-0.25, -0.2) is 0 Å². The summed E-state index contributed by atoms with van der Waals surface area (Å²) in [5.74, 6) is -0.916. The van der Waals surface area contributed by atoms with Crippen molar-refractivity contribution in [3.63, 3.8) is 0 Å². The standard InChI is InChI=1S/C7H11NO4/c1-11-3-2-7(6(9)10)4-8-12-5-7/h4H,2-3,5H2,1H3,(H,9,10). The van der Waals surface area contributed by atoms with Gasteiger partial charge in [-0.1, -0.05) is 5.16 Å². The van der Waals surface area contributed by atoms with Crippen molar-refractivity contribution < 1.29 is 19.5 Å².